The molecule has 0 aliphatic carbocycles. The smallest absolute Gasteiger partial charge is 0.374 e. The third kappa shape index (κ3) is 3.15. The number of fused-ring (bicyclic) bond motifs is 2. The van der Waals surface area contributed by atoms with Crippen LogP contribution in [0.1, 0.15) is 25.8 Å². The van der Waals surface area contributed by atoms with Crippen molar-refractivity contribution < 1.29 is 18.7 Å². The third-order valence-electron chi connectivity index (χ3n) is 4.27. The van der Waals surface area contributed by atoms with Crippen LogP contribution < -0.4 is 5.43 Å². The molecule has 0 unspecified atom stereocenters. The van der Waals surface area contributed by atoms with E-state index in [0.717, 1.165) is 21.7 Å². The molecule has 0 fully saturated rings. The molecular formula is C21H14O5S. The summed E-state index contributed by atoms with van der Waals surface area (Å²) in [7, 11) is 0. The molecule has 0 saturated carbocycles. The molecule has 0 spiro atoms. The second kappa shape index (κ2) is 6.81. The Morgan fingerprint density at radius 3 is 2.52 bits per heavy atom. The minimum absolute atomic E-state index is 0.223. The maximum atomic E-state index is 12.5. The minimum Gasteiger partial charge on any atom is -0.451 e. The summed E-state index contributed by atoms with van der Waals surface area (Å²) < 4.78 is 11.5. The summed E-state index contributed by atoms with van der Waals surface area (Å²) >= 11 is 1.37. The zero-order valence-electron chi connectivity index (χ0n) is 14.4. The van der Waals surface area contributed by atoms with Gasteiger partial charge < -0.3 is 9.15 Å². The first-order valence-corrected chi connectivity index (χ1v) is 9.07. The van der Waals surface area contributed by atoms with Crippen molar-refractivity contribution in [2.45, 2.75) is 6.92 Å². The highest BCUT2D eigenvalue weighted by atomic mass is 32.1. The van der Waals surface area contributed by atoms with E-state index >= 15 is 0 Å². The van der Waals surface area contributed by atoms with E-state index in [1.165, 1.54) is 11.3 Å². The first-order valence-electron chi connectivity index (χ1n) is 8.26. The van der Waals surface area contributed by atoms with Crippen LogP contribution >= 0.6 is 11.3 Å². The summed E-state index contributed by atoms with van der Waals surface area (Å²) in [4.78, 5) is 37.4. The highest BCUT2D eigenvalue weighted by Gasteiger charge is 2.19. The molecule has 0 atom stereocenters. The number of carbonyl (C=O) groups excluding carboxylic acids is 2. The van der Waals surface area contributed by atoms with Gasteiger partial charge in [-0.05, 0) is 36.1 Å². The highest BCUT2D eigenvalue weighted by molar-refractivity contribution is 7.21. The van der Waals surface area contributed by atoms with Crippen LogP contribution in [0.4, 0.5) is 0 Å². The predicted octanol–water partition coefficient (Wildman–Crippen LogP) is 4.36. The molecule has 0 saturated heterocycles. The molecule has 134 valence electrons. The SMILES string of the molecule is Cc1c(C(=O)COC(=O)c2cc(=O)c3ccccc3o2)sc2ccccc12. The van der Waals surface area contributed by atoms with E-state index in [-0.39, 0.29) is 17.0 Å². The Balaban J connectivity index is 1.54. The van der Waals surface area contributed by atoms with Crippen molar-refractivity contribution in [2.24, 2.45) is 0 Å². The quantitative estimate of drug-likeness (QED) is 0.390. The monoisotopic (exact) mass is 378 g/mol. The number of aryl methyl sites for hydroxylation is 1. The fourth-order valence-corrected chi connectivity index (χ4v) is 4.05. The van der Waals surface area contributed by atoms with Gasteiger partial charge in [0.2, 0.25) is 11.5 Å². The minimum atomic E-state index is -0.843. The molecule has 27 heavy (non-hydrogen) atoms. The molecule has 0 radical (unpaired) electrons. The van der Waals surface area contributed by atoms with Gasteiger partial charge in [-0.1, -0.05) is 30.3 Å². The van der Waals surface area contributed by atoms with Crippen molar-refractivity contribution in [3.8, 4) is 0 Å². The van der Waals surface area contributed by atoms with Crippen molar-refractivity contribution in [3.63, 3.8) is 0 Å². The largest absolute Gasteiger partial charge is 0.451 e. The lowest BCUT2D eigenvalue weighted by atomic mass is 10.1. The Morgan fingerprint density at radius 2 is 1.74 bits per heavy atom. The summed E-state index contributed by atoms with van der Waals surface area (Å²) in [6.07, 6.45) is 0. The molecule has 6 heteroatoms. The van der Waals surface area contributed by atoms with E-state index < -0.39 is 12.6 Å². The molecular weight excluding hydrogens is 364 g/mol. The average molecular weight is 378 g/mol. The molecule has 2 aromatic carbocycles. The number of para-hydroxylation sites is 1. The number of ether oxygens (including phenoxy) is 1. The second-order valence-electron chi connectivity index (χ2n) is 6.02. The topological polar surface area (TPSA) is 73.6 Å². The lowest BCUT2D eigenvalue weighted by Gasteiger charge is -2.04. The molecule has 4 aromatic rings. The van der Waals surface area contributed by atoms with Crippen LogP contribution in [0.3, 0.4) is 0 Å². The Bertz CT molecular complexity index is 1250. The van der Waals surface area contributed by atoms with Crippen molar-refractivity contribution in [2.75, 3.05) is 6.61 Å². The molecule has 0 aliphatic rings. The van der Waals surface area contributed by atoms with E-state index in [4.69, 9.17) is 9.15 Å². The van der Waals surface area contributed by atoms with E-state index in [1.807, 2.05) is 31.2 Å². The number of rotatable bonds is 4. The van der Waals surface area contributed by atoms with Gasteiger partial charge in [-0.2, -0.15) is 0 Å². The van der Waals surface area contributed by atoms with E-state index in [0.29, 0.717) is 15.8 Å². The summed E-state index contributed by atoms with van der Waals surface area (Å²) in [5.74, 6) is -1.35. The van der Waals surface area contributed by atoms with Gasteiger partial charge in [0.05, 0.1) is 10.3 Å². The number of Topliss-reactive ketones (excluding diaryl/α,β-unsaturated/α-hetero) is 1. The first-order chi connectivity index (χ1) is 13.0. The number of esters is 1. The van der Waals surface area contributed by atoms with Crippen LogP contribution in [0.2, 0.25) is 0 Å². The highest BCUT2D eigenvalue weighted by Crippen LogP contribution is 2.30. The van der Waals surface area contributed by atoms with E-state index in [1.54, 1.807) is 24.3 Å². The second-order valence-corrected chi connectivity index (χ2v) is 7.07. The van der Waals surface area contributed by atoms with Gasteiger partial charge in [0.25, 0.3) is 0 Å². The Hall–Kier alpha value is -3.25. The molecule has 0 amide bonds. The van der Waals surface area contributed by atoms with Gasteiger partial charge in [-0.25, -0.2) is 4.79 Å². The van der Waals surface area contributed by atoms with Crippen LogP contribution in [0.5, 0.6) is 0 Å². The molecule has 4 rings (SSSR count). The number of benzene rings is 2. The zero-order valence-corrected chi connectivity index (χ0v) is 15.2. The fourth-order valence-electron chi connectivity index (χ4n) is 2.91. The van der Waals surface area contributed by atoms with E-state index in [9.17, 15) is 14.4 Å². The van der Waals surface area contributed by atoms with Crippen molar-refractivity contribution in [3.05, 3.63) is 81.0 Å². The van der Waals surface area contributed by atoms with Gasteiger partial charge in [-0.15, -0.1) is 11.3 Å². The number of hydrogen-bond acceptors (Lipinski definition) is 6. The van der Waals surface area contributed by atoms with Crippen molar-refractivity contribution >= 4 is 44.1 Å². The molecule has 2 heterocycles. The molecule has 0 aliphatic heterocycles. The number of thiophene rings is 1. The standard InChI is InChI=1S/C21H14O5S/c1-12-13-6-3-5-9-19(13)27-20(12)16(23)11-25-21(24)18-10-15(22)14-7-2-4-8-17(14)26-18/h2-10H,11H2,1H3. The first kappa shape index (κ1) is 17.2. The summed E-state index contributed by atoms with van der Waals surface area (Å²) in [5, 5.41) is 1.39. The number of carbonyl (C=O) groups is 2. The maximum Gasteiger partial charge on any atom is 0.374 e. The molecule has 0 bridgehead atoms. The van der Waals surface area contributed by atoms with Crippen LogP contribution in [0.25, 0.3) is 21.1 Å². The summed E-state index contributed by atoms with van der Waals surface area (Å²) in [5.41, 5.74) is 0.827. The van der Waals surface area contributed by atoms with Crippen LogP contribution in [0.15, 0.2) is 63.8 Å². The van der Waals surface area contributed by atoms with Crippen LogP contribution in [-0.2, 0) is 4.74 Å². The number of hydrogen-bond donors (Lipinski definition) is 0. The normalized spacial score (nSPS) is 11.0. The average Bonchev–Trinajstić information content (AvgIpc) is 3.03. The lowest BCUT2D eigenvalue weighted by Crippen LogP contribution is -2.15. The maximum absolute atomic E-state index is 12.5. The molecule has 0 N–H and O–H groups in total. The molecule has 5 nitrogen and oxygen atoms in total. The zero-order chi connectivity index (χ0) is 19.0. The van der Waals surface area contributed by atoms with Crippen LogP contribution in [0, 0.1) is 6.92 Å². The number of ketones is 1. The van der Waals surface area contributed by atoms with E-state index in [2.05, 4.69) is 0 Å². The van der Waals surface area contributed by atoms with Gasteiger partial charge in [-0.3, -0.25) is 9.59 Å². The predicted molar refractivity (Wildman–Crippen MR) is 104 cm³/mol. The summed E-state index contributed by atoms with van der Waals surface area (Å²) in [6.45, 7) is 1.46. The van der Waals surface area contributed by atoms with Gasteiger partial charge in [0.15, 0.2) is 12.0 Å². The summed E-state index contributed by atoms with van der Waals surface area (Å²) in [6, 6.07) is 15.4. The van der Waals surface area contributed by atoms with Gasteiger partial charge in [0, 0.05) is 10.8 Å². The van der Waals surface area contributed by atoms with Gasteiger partial charge in [0.1, 0.15) is 5.58 Å². The molecule has 2 aromatic heterocycles. The lowest BCUT2D eigenvalue weighted by molar-refractivity contribution is 0.0445. The Morgan fingerprint density at radius 1 is 1.04 bits per heavy atom. The van der Waals surface area contributed by atoms with Crippen molar-refractivity contribution in [1.29, 1.82) is 0 Å². The third-order valence-corrected chi connectivity index (χ3v) is 5.58. The Labute approximate surface area is 157 Å². The Kier molecular flexibility index (Phi) is 4.33. The van der Waals surface area contributed by atoms with Crippen LogP contribution in [-0.4, -0.2) is 18.4 Å². The van der Waals surface area contributed by atoms with Crippen molar-refractivity contribution in [1.82, 2.24) is 0 Å². The fraction of sp³-hybridized carbons (Fsp3) is 0.0952. The van der Waals surface area contributed by atoms with Gasteiger partial charge >= 0.3 is 5.97 Å².